The van der Waals surface area contributed by atoms with Crippen molar-refractivity contribution in [3.63, 3.8) is 0 Å². The lowest BCUT2D eigenvalue weighted by Crippen LogP contribution is -2.46. The number of nitrogens with zero attached hydrogens (tertiary/aromatic N) is 8. The smallest absolute Gasteiger partial charge is 0.386 e. The van der Waals surface area contributed by atoms with Gasteiger partial charge in [-0.2, -0.15) is 8.62 Å². The third-order valence-corrected chi connectivity index (χ3v) is 26.4. The van der Waals surface area contributed by atoms with Crippen LogP contribution in [0.3, 0.4) is 0 Å². The molecule has 4 aliphatic rings. The van der Waals surface area contributed by atoms with Gasteiger partial charge in [0.05, 0.1) is 39.1 Å². The molecule has 0 radical (unpaired) electrons. The zero-order chi connectivity index (χ0) is 86.8. The van der Waals surface area contributed by atoms with Crippen molar-refractivity contribution >= 4 is 116 Å². The number of rotatable bonds is 50. The first-order chi connectivity index (χ1) is 55.0. The minimum Gasteiger partial charge on any atom is -0.386 e. The molecule has 54 heteroatoms. The molecule has 1 aromatic carbocycles. The molecule has 48 nitrogen and oxygen atoms in total. The number of aromatic nitrogens is 8. The van der Waals surface area contributed by atoms with Crippen molar-refractivity contribution in [1.82, 2.24) is 60.3 Å². The summed E-state index contributed by atoms with van der Waals surface area (Å²) in [4.78, 5) is 181. The van der Waals surface area contributed by atoms with Crippen LogP contribution in [0.1, 0.15) is 141 Å². The molecule has 14 unspecified atom stereocenters. The van der Waals surface area contributed by atoms with E-state index in [0.717, 1.165) is 110 Å². The molecular formula is C64H98N14O34P6. The number of nitrogen functional groups attached to an aromatic ring is 2. The van der Waals surface area contributed by atoms with Gasteiger partial charge in [-0.05, 0) is 75.3 Å². The molecule has 4 aromatic heterocycles. The van der Waals surface area contributed by atoms with E-state index in [4.69, 9.17) is 39.0 Å². The van der Waals surface area contributed by atoms with Crippen LogP contribution in [0.2, 0.25) is 0 Å². The van der Waals surface area contributed by atoms with Crippen LogP contribution in [-0.4, -0.2) is 235 Å². The Bertz CT molecular complexity index is 4410. The number of carbonyl (C=O) groups excluding carboxylic acids is 6. The summed E-state index contributed by atoms with van der Waals surface area (Å²) in [7, 11) is -33.2. The summed E-state index contributed by atoms with van der Waals surface area (Å²) in [5, 5.41) is 53.7. The van der Waals surface area contributed by atoms with Crippen molar-refractivity contribution < 1.29 is 161 Å². The van der Waals surface area contributed by atoms with E-state index in [1.807, 2.05) is 0 Å². The summed E-state index contributed by atoms with van der Waals surface area (Å²) < 4.78 is 126. The highest BCUT2D eigenvalue weighted by molar-refractivity contribution is 7.61. The maximum atomic E-state index is 13.3. The lowest BCUT2D eigenvalue weighted by Gasteiger charge is -2.30. The molecule has 4 fully saturated rings. The first kappa shape index (κ1) is 95.5. The highest BCUT2D eigenvalue weighted by atomic mass is 31.3. The van der Waals surface area contributed by atoms with E-state index in [0.29, 0.717) is 12.8 Å². The molecule has 5 aromatic rings. The Morgan fingerprint density at radius 1 is 0.508 bits per heavy atom. The summed E-state index contributed by atoms with van der Waals surface area (Å²) in [5.41, 5.74) is 9.77. The number of anilines is 2. The van der Waals surface area contributed by atoms with Crippen molar-refractivity contribution in [3.05, 3.63) is 60.7 Å². The number of aryl methyl sites for hydroxylation is 2. The number of hydrogen-bond acceptors (Lipinski definition) is 34. The number of phosphoric acid groups is 6. The van der Waals surface area contributed by atoms with Crippen LogP contribution in [0.4, 0.5) is 11.6 Å². The number of aliphatic hydroxyl groups is 4. The fourth-order valence-corrected chi connectivity index (χ4v) is 18.8. The molecule has 4 amide bonds. The number of imidazole rings is 2. The van der Waals surface area contributed by atoms with E-state index in [-0.39, 0.29) is 97.4 Å². The summed E-state index contributed by atoms with van der Waals surface area (Å²) >= 11 is 0. The molecule has 20 N–H and O–H groups in total. The minimum absolute atomic E-state index is 0.00616. The Morgan fingerprint density at radius 3 is 1.19 bits per heavy atom. The normalized spacial score (nSPS) is 23.1. The van der Waals surface area contributed by atoms with Gasteiger partial charge in [-0.15, -0.1) is 0 Å². The SMILES string of the molecule is CC(C)(COP(=O)(O)OP(=O)(O)OCC1OC(n2cnc3c(N)ncnc32)C(O)C1OP(=O)(O)O)C(O)C(=O)NCCC(=O)NCCC(=O)C1(CCCCc2ccc(CCCCC3(C(=O)CCNC(=O)CCNC(=O)C(O)C(C)(C)COP(=O)(O)OP(=O)(O)OCC4OC(n5cnc6c(N)ncnc65)C(O)C4OP(=O)(O)O)CC3)cc2)CC1. The van der Waals surface area contributed by atoms with E-state index in [9.17, 15) is 116 Å². The zero-order valence-corrected chi connectivity index (χ0v) is 69.5. The third kappa shape index (κ3) is 26.8. The predicted octanol–water partition coefficient (Wildman–Crippen LogP) is 1.43. The second-order valence-corrected chi connectivity index (χ2v) is 38.7. The van der Waals surface area contributed by atoms with Crippen molar-refractivity contribution in [2.75, 3.05) is 64.1 Å². The van der Waals surface area contributed by atoms with Crippen LogP contribution < -0.4 is 32.7 Å². The van der Waals surface area contributed by atoms with Crippen molar-refractivity contribution in [3.8, 4) is 0 Å². The highest BCUT2D eigenvalue weighted by Crippen LogP contribution is 2.63. The number of fused-ring (bicyclic) bond motifs is 2. The number of phosphoric ester groups is 6. The second kappa shape index (κ2) is 39.4. The van der Waals surface area contributed by atoms with Gasteiger partial charge in [-0.25, -0.2) is 57.3 Å². The third-order valence-electron chi connectivity index (χ3n) is 20.2. The van der Waals surface area contributed by atoms with Gasteiger partial charge in [0.1, 0.15) is 84.1 Å². The highest BCUT2D eigenvalue weighted by Gasteiger charge is 2.54. The topological polar surface area (TPSA) is 727 Å². The van der Waals surface area contributed by atoms with E-state index in [1.165, 1.54) is 27.7 Å². The Kier molecular flexibility index (Phi) is 31.9. The van der Waals surface area contributed by atoms with E-state index < -0.39 is 180 Å². The lowest BCUT2D eigenvalue weighted by atomic mass is 9.87. The predicted molar refractivity (Wildman–Crippen MR) is 403 cm³/mol. The molecule has 9 rings (SSSR count). The van der Waals surface area contributed by atoms with Gasteiger partial charge < -0.3 is 102 Å². The Balaban J connectivity index is 0.579. The number of carbonyl (C=O) groups is 6. The average Bonchev–Trinajstić information content (AvgIpc) is 1.62. The van der Waals surface area contributed by atoms with Gasteiger partial charge >= 0.3 is 46.9 Å². The number of aliphatic hydroxyl groups excluding tert-OH is 4. The number of amides is 4. The van der Waals surface area contributed by atoms with Crippen LogP contribution in [0.15, 0.2) is 49.6 Å². The molecule has 2 saturated heterocycles. The first-order valence-electron chi connectivity index (χ1n) is 37.0. The fraction of sp³-hybridized carbons (Fsp3) is 0.656. The molecule has 6 heterocycles. The first-order valence-corrected chi connectivity index (χ1v) is 46.0. The number of ketones is 2. The van der Waals surface area contributed by atoms with Gasteiger partial charge in [0.15, 0.2) is 35.4 Å². The molecule has 2 aliphatic heterocycles. The number of unbranched alkanes of at least 4 members (excludes halogenated alkanes) is 2. The van der Waals surface area contributed by atoms with Gasteiger partial charge in [-0.1, -0.05) is 64.8 Å². The molecule has 14 atom stereocenters. The number of nitrogens with two attached hydrogens (primary N) is 2. The standard InChI is InChI=1S/C64H98N14O34P6/c1-61(2,31-105-117(99,100)111-115(95,96)103-29-39-49(109-113(89,90)91)47(83)59(107-39)77-35-75-45-53(65)71-33-73-55(45)77)51(85)57(87)69-27-17-43(81)67-25-15-41(79)63(21-22-63)19-7-5-9-37-11-13-38(14-12-37)10-6-8-20-64(23-24-64)42(80)16-26-68-44(82)18-28-70-58(88)52(86)62(3,4)32-106-118(101,102)112-116(97,98)104-30-40-50(110-114(92,93)94)48(84)60(108-40)78-36-76-46-54(66)72-34-74-56(46)78/h11-14,33-36,39-40,47-52,59-60,83-86H,5-10,15-32H2,1-4H3,(H,67,81)(H,68,82)(H,69,87)(H,70,88)(H,95,96)(H,97,98)(H,99,100)(H,101,102)(H2,65,71,73)(H2,66,72,74)(H2,89,90,91)(H2,92,93,94). The molecule has 2 saturated carbocycles. The molecule has 0 bridgehead atoms. The van der Waals surface area contributed by atoms with Crippen LogP contribution in [0.25, 0.3) is 22.3 Å². The second-order valence-electron chi connectivity index (χ2n) is 30.3. The van der Waals surface area contributed by atoms with Gasteiger partial charge in [0.2, 0.25) is 23.6 Å². The van der Waals surface area contributed by atoms with Gasteiger partial charge in [0.25, 0.3) is 0 Å². The van der Waals surface area contributed by atoms with E-state index in [1.54, 1.807) is 0 Å². The summed E-state index contributed by atoms with van der Waals surface area (Å²) in [6.07, 6.45) is -4.97. The van der Waals surface area contributed by atoms with Crippen LogP contribution in [0.5, 0.6) is 0 Å². The number of ether oxygens (including phenoxy) is 2. The van der Waals surface area contributed by atoms with Crippen LogP contribution >= 0.6 is 46.9 Å². The Morgan fingerprint density at radius 2 is 0.847 bits per heavy atom. The quantitative estimate of drug-likeness (QED) is 0.0193. The summed E-state index contributed by atoms with van der Waals surface area (Å²) in [6.45, 7) is 0.309. The van der Waals surface area contributed by atoms with E-state index in [2.05, 4.69) is 93.1 Å². The van der Waals surface area contributed by atoms with Crippen molar-refractivity contribution in [1.29, 1.82) is 0 Å². The largest absolute Gasteiger partial charge is 0.481 e. The maximum Gasteiger partial charge on any atom is 0.481 e. The monoisotopic (exact) mass is 1790 g/mol. The van der Waals surface area contributed by atoms with Gasteiger partial charge in [0, 0.05) is 73.5 Å². The van der Waals surface area contributed by atoms with Crippen LogP contribution in [-0.2, 0) is 114 Å². The zero-order valence-electron chi connectivity index (χ0n) is 64.1. The molecule has 658 valence electrons. The minimum atomic E-state index is -5.64. The number of hydrogen-bond donors (Lipinski definition) is 18. The number of benzene rings is 1. The Labute approximate surface area is 672 Å². The summed E-state index contributed by atoms with van der Waals surface area (Å²) in [6, 6.07) is 8.32. The summed E-state index contributed by atoms with van der Waals surface area (Å²) in [5.74, 6) is -3.10. The van der Waals surface area contributed by atoms with Crippen LogP contribution in [0, 0.1) is 21.7 Å². The molecule has 118 heavy (non-hydrogen) atoms. The lowest BCUT2D eigenvalue weighted by molar-refractivity contribution is -0.137. The number of nitrogens with one attached hydrogen (secondary N) is 4. The maximum absolute atomic E-state index is 13.3. The molecule has 2 aliphatic carbocycles. The fourth-order valence-electron chi connectivity index (χ4n) is 13.1. The van der Waals surface area contributed by atoms with Crippen molar-refractivity contribution in [2.24, 2.45) is 21.7 Å². The molecule has 0 spiro atoms. The van der Waals surface area contributed by atoms with Crippen molar-refractivity contribution in [2.45, 2.75) is 192 Å². The van der Waals surface area contributed by atoms with E-state index >= 15 is 0 Å². The number of Topliss-reactive ketones (excluding diaryl/α,β-unsaturated/α-hetero) is 2. The van der Waals surface area contributed by atoms with Gasteiger partial charge in [-0.3, -0.25) is 65.0 Å². The average molecular weight is 1790 g/mol. The molecular weight excluding hydrogens is 1690 g/mol. The Hall–Kier alpha value is -6.36.